The van der Waals surface area contributed by atoms with Crippen LogP contribution in [-0.2, 0) is 105 Å². The molecule has 0 aliphatic carbocycles. The van der Waals surface area contributed by atoms with Crippen LogP contribution in [0.5, 0.6) is 11.5 Å². The van der Waals surface area contributed by atoms with Gasteiger partial charge in [-0.15, -0.1) is 51.0 Å². The van der Waals surface area contributed by atoms with Gasteiger partial charge in [0.15, 0.2) is 28.2 Å². The highest BCUT2D eigenvalue weighted by Crippen LogP contribution is 2.34. The summed E-state index contributed by atoms with van der Waals surface area (Å²) in [5.74, 6) is 1.45. The van der Waals surface area contributed by atoms with Gasteiger partial charge in [-0.3, -0.25) is 31.9 Å². The van der Waals surface area contributed by atoms with Crippen LogP contribution in [0.2, 0.25) is 0 Å². The minimum atomic E-state index is -3.46. The zero-order chi connectivity index (χ0) is 102. The van der Waals surface area contributed by atoms with Gasteiger partial charge in [-0.2, -0.15) is 0 Å². The van der Waals surface area contributed by atoms with E-state index in [0.29, 0.717) is 6.42 Å². The van der Waals surface area contributed by atoms with E-state index in [-0.39, 0.29) is 16.5 Å². The number of aromatic nitrogens is 16. The van der Waals surface area contributed by atoms with Crippen molar-refractivity contribution in [1.82, 2.24) is 102 Å². The number of pyridine rings is 6. The van der Waals surface area contributed by atoms with Gasteiger partial charge in [0, 0.05) is 121 Å². The van der Waals surface area contributed by atoms with Crippen molar-refractivity contribution < 1.29 is 31.4 Å². The average molecular weight is 1990 g/mol. The summed E-state index contributed by atoms with van der Waals surface area (Å²) in [4.78, 5) is 13.8. The maximum atomic E-state index is 13.9. The van der Waals surface area contributed by atoms with E-state index < -0.39 is 10.0 Å². The summed E-state index contributed by atoms with van der Waals surface area (Å²) in [6, 6.07) is 96.7. The topological polar surface area (TPSA) is 242 Å². The van der Waals surface area contributed by atoms with Gasteiger partial charge in [0.05, 0.1) is 38.0 Å². The Morgan fingerprint density at radius 3 is 1.04 bits per heavy atom. The molecule has 1 aliphatic rings. The minimum Gasteiger partial charge on any atom is -0.496 e. The molecule has 26 nitrogen and oxygen atoms in total. The van der Waals surface area contributed by atoms with Gasteiger partial charge < -0.3 is 28.9 Å². The molecule has 0 atom stereocenters. The third kappa shape index (κ3) is 26.0. The quantitative estimate of drug-likeness (QED) is 0.0380. The summed E-state index contributed by atoms with van der Waals surface area (Å²) in [6.45, 7) is 9.26. The molecule has 0 unspecified atom stereocenters. The monoisotopic (exact) mass is 1980 g/mol. The second-order valence-electron chi connectivity index (χ2n) is 37.7. The maximum absolute atomic E-state index is 13.9. The number of rotatable bonds is 32. The smallest absolute Gasteiger partial charge is 0.242 e. The minimum absolute atomic E-state index is 0.156. The van der Waals surface area contributed by atoms with Gasteiger partial charge in [0.1, 0.15) is 54.8 Å². The normalized spacial score (nSPS) is 12.2. The maximum Gasteiger partial charge on any atom is 0.242 e. The van der Waals surface area contributed by atoms with Crippen molar-refractivity contribution >= 4 is 38.3 Å². The number of nitrogens with zero attached hydrogens (tertiary/aromatic N) is 21. The van der Waals surface area contributed by atoms with Gasteiger partial charge >= 0.3 is 0 Å². The third-order valence-corrected chi connectivity index (χ3v) is 28.0. The van der Waals surface area contributed by atoms with Gasteiger partial charge in [0.25, 0.3) is 0 Å². The van der Waals surface area contributed by atoms with Crippen molar-refractivity contribution in [2.75, 3.05) is 96.9 Å². The zero-order valence-corrected chi connectivity index (χ0v) is 85.8. The number of morpholine rings is 1. The van der Waals surface area contributed by atoms with E-state index in [1.54, 1.807) is 82.0 Å². The number of benzene rings is 9. The summed E-state index contributed by atoms with van der Waals surface area (Å²) >= 11 is 0. The fraction of sp³-hybridized carbons (Fsp3) is 0.246. The number of aryl methyl sites for hydroxylation is 11. The lowest BCUT2D eigenvalue weighted by Gasteiger charge is -2.26. The number of hydrogen-bond acceptors (Lipinski definition) is 20. The van der Waals surface area contributed by atoms with Gasteiger partial charge in [0.2, 0.25) is 10.0 Å². The number of hydrogen-bond donors (Lipinski definition) is 0. The molecule has 12 heterocycles. The molecule has 0 spiro atoms. The van der Waals surface area contributed by atoms with Crippen LogP contribution in [-0.4, -0.2) is 207 Å². The molecule has 147 heavy (non-hydrogen) atoms. The van der Waals surface area contributed by atoms with E-state index in [1.807, 2.05) is 86.4 Å². The molecule has 9 aromatic carbocycles. The van der Waals surface area contributed by atoms with E-state index in [2.05, 4.69) is 305 Å². The summed E-state index contributed by atoms with van der Waals surface area (Å²) in [6.07, 6.45) is 19.0. The van der Waals surface area contributed by atoms with Crippen LogP contribution in [0, 0.1) is 18.6 Å². The molecule has 0 radical (unpaired) electrons. The Bertz CT molecular complexity index is 7880. The van der Waals surface area contributed by atoms with Crippen LogP contribution in [0.4, 0.5) is 8.78 Å². The number of sulfonamides is 1. The molecular formula is C118H123F2N21O5S. The van der Waals surface area contributed by atoms with Gasteiger partial charge in [-0.25, -0.2) is 21.5 Å². The predicted octanol–water partition coefficient (Wildman–Crippen LogP) is 20.2. The SMILES string of the molecule is CN(C)Cc1ccc(-c2ccc(CCc3cccc(F)c3)n3cnnc23)cc1.CN(C)Cc1ccc(-c2ccc(CCc3ccccc3F)n3cnnc23)cc1.COc1ccccc1CCc1ccc(-c2ccc(CN3CCOCC3)nc2)c2nncn12.COc1ccccc1CCc1ccc(-c2ccc(S(=O)(=O)N(C)C)cc2)c2nncn12.Cc1ccc(CCc2ccc(-c3ccc(CN(C)C)cc3)c3nncn23)cc1. The van der Waals surface area contributed by atoms with Crippen LogP contribution in [0.1, 0.15) is 84.2 Å². The molecule has 0 amide bonds. The average Bonchev–Trinajstić information content (AvgIpc) is 1.68. The van der Waals surface area contributed by atoms with Crippen LogP contribution >= 0.6 is 0 Å². The highest BCUT2D eigenvalue weighted by Gasteiger charge is 2.23. The number of halogens is 2. The summed E-state index contributed by atoms with van der Waals surface area (Å²) < 4.78 is 79.7. The number of ether oxygens (including phenoxy) is 3. The lowest BCUT2D eigenvalue weighted by Crippen LogP contribution is -2.35. The number of methoxy groups -OCH3 is 2. The lowest BCUT2D eigenvalue weighted by atomic mass is 10.0. The first-order chi connectivity index (χ1) is 71.5. The first-order valence-electron chi connectivity index (χ1n) is 49.4. The van der Waals surface area contributed by atoms with E-state index in [9.17, 15) is 17.2 Å². The fourth-order valence-corrected chi connectivity index (χ4v) is 19.3. The van der Waals surface area contributed by atoms with Crippen LogP contribution in [0.25, 0.3) is 83.9 Å². The second kappa shape index (κ2) is 48.9. The fourth-order valence-electron chi connectivity index (χ4n) is 18.4. The van der Waals surface area contributed by atoms with Gasteiger partial charge in [-0.05, 0) is 289 Å². The second-order valence-corrected chi connectivity index (χ2v) is 39.8. The first kappa shape index (κ1) is 103. The molecule has 20 aromatic rings. The Labute approximate surface area is 857 Å². The number of fused-ring (bicyclic) bond motifs is 5. The zero-order valence-electron chi connectivity index (χ0n) is 85.0. The lowest BCUT2D eigenvalue weighted by molar-refractivity contribution is 0.0336. The molecule has 750 valence electrons. The van der Waals surface area contributed by atoms with E-state index in [1.165, 1.54) is 75.2 Å². The standard InChI is InChI=1S/C25H27N5O2.C24H26N4.2C23H23FN4.C23H24N4O3S/c1-31-24-5-3-2-4-19(24)7-9-22-10-11-23(25-28-27-18-30(22)25)20-6-8-21(26-16-20)17-29-12-14-32-15-13-29;1-18-4-6-19(7-5-18)10-13-22-14-15-23(24-26-25-17-28(22)24)21-11-8-20(9-12-21)16-27(2)3;1-27(2)15-18-6-9-19(10-7-18)22-13-12-21(28-16-25-26-23(22)28)11-8-17-4-3-5-20(24)14-17;1-27(2)15-17-7-9-18(10-8-17)21-14-13-20(28-16-25-26-23(21)28)12-11-19-5-3-4-6-22(19)24;1-26(2)31(28,29)20-13-9-17(10-14-20)21-15-12-19(27-16-24-25-23(21)27)11-8-18-6-4-5-7-22(18)30-3/h2-6,8,10-11,16,18H,7,9,12-15,17H2,1H3;4-9,11-12,14-15,17H,10,13,16H2,1-3H3;3-7,9-10,12-14,16H,8,11,15H2,1-2H3;3-10,13-14,16H,11-12,15H2,1-2H3;4-7,9-10,12-16H,8,11H2,1-3H3. The molecule has 0 bridgehead atoms. The first-order valence-corrected chi connectivity index (χ1v) is 50.8. The Morgan fingerprint density at radius 2 is 0.680 bits per heavy atom. The molecule has 11 aromatic heterocycles. The van der Waals surface area contributed by atoms with Crippen molar-refractivity contribution in [3.8, 4) is 67.1 Å². The van der Waals surface area contributed by atoms with Gasteiger partial charge in [-0.1, -0.05) is 188 Å². The van der Waals surface area contributed by atoms with Crippen molar-refractivity contribution in [3.63, 3.8) is 0 Å². The van der Waals surface area contributed by atoms with Crippen molar-refractivity contribution in [1.29, 1.82) is 0 Å². The van der Waals surface area contributed by atoms with Crippen molar-refractivity contribution in [2.24, 2.45) is 0 Å². The summed E-state index contributed by atoms with van der Waals surface area (Å²) in [5.41, 5.74) is 31.9. The predicted molar refractivity (Wildman–Crippen MR) is 576 cm³/mol. The molecule has 0 N–H and O–H groups in total. The van der Waals surface area contributed by atoms with Crippen molar-refractivity contribution in [2.45, 2.75) is 102 Å². The van der Waals surface area contributed by atoms with E-state index in [4.69, 9.17) is 19.2 Å². The highest BCUT2D eigenvalue weighted by atomic mass is 32.2. The van der Waals surface area contributed by atoms with E-state index >= 15 is 0 Å². The Morgan fingerprint density at radius 1 is 0.340 bits per heavy atom. The van der Waals surface area contributed by atoms with E-state index in [0.717, 1.165) is 245 Å². The molecule has 29 heteroatoms. The van der Waals surface area contributed by atoms with Crippen LogP contribution < -0.4 is 9.47 Å². The molecule has 1 saturated heterocycles. The molecule has 1 aliphatic heterocycles. The third-order valence-electron chi connectivity index (χ3n) is 26.2. The highest BCUT2D eigenvalue weighted by molar-refractivity contribution is 7.89. The molecular weight excluding hydrogens is 1860 g/mol. The largest absolute Gasteiger partial charge is 0.496 e. The summed E-state index contributed by atoms with van der Waals surface area (Å²) in [5, 5.41) is 42.5. The number of para-hydroxylation sites is 2. The van der Waals surface area contributed by atoms with Crippen molar-refractivity contribution in [3.05, 3.63) is 425 Å². The Hall–Kier alpha value is -15.6. The molecule has 0 saturated carbocycles. The Kier molecular flexibility index (Phi) is 34.2. The summed E-state index contributed by atoms with van der Waals surface area (Å²) in [7, 11) is 15.4. The van der Waals surface area contributed by atoms with Crippen LogP contribution in [0.15, 0.2) is 334 Å². The Balaban J connectivity index is 0.000000126. The molecule has 1 fully saturated rings. The van der Waals surface area contributed by atoms with Crippen LogP contribution in [0.3, 0.4) is 0 Å². The molecule has 21 rings (SSSR count).